The van der Waals surface area contributed by atoms with Crippen LogP contribution in [0.1, 0.15) is 11.7 Å². The molecule has 1 heteroatoms. The lowest BCUT2D eigenvalue weighted by Crippen LogP contribution is -1.98. The van der Waals surface area contributed by atoms with Crippen molar-refractivity contribution in [1.29, 1.82) is 0 Å². The van der Waals surface area contributed by atoms with Crippen LogP contribution < -0.4 is 0 Å². The molecule has 0 radical (unpaired) electrons. The summed E-state index contributed by atoms with van der Waals surface area (Å²) in [6.07, 6.45) is 0.918. The predicted molar refractivity (Wildman–Crippen MR) is 68.2 cm³/mol. The average Bonchev–Trinajstić information content (AvgIpc) is 2.36. The Hall–Kier alpha value is -1.86. The van der Waals surface area contributed by atoms with Crippen LogP contribution in [0.2, 0.25) is 0 Å². The van der Waals surface area contributed by atoms with E-state index in [-0.39, 0.29) is 0 Å². The summed E-state index contributed by atoms with van der Waals surface area (Å²) in [5, 5.41) is 12.3. The molecular formula is C15H14O. The lowest BCUT2D eigenvalue weighted by Gasteiger charge is -2.11. The van der Waals surface area contributed by atoms with Gasteiger partial charge < -0.3 is 5.11 Å². The zero-order chi connectivity index (χ0) is 11.5. The molecule has 0 aromatic heterocycles. The van der Waals surface area contributed by atoms with E-state index in [0.717, 1.165) is 10.9 Å². The number of hydrogen-bond acceptors (Lipinski definition) is 1. The molecule has 1 N–H and O–H groups in total. The maximum Gasteiger partial charge on any atom is 0.103 e. The minimum Gasteiger partial charge on any atom is -0.384 e. The van der Waals surface area contributed by atoms with Crippen LogP contribution in [-0.2, 0) is 0 Å². The highest BCUT2D eigenvalue weighted by molar-refractivity contribution is 5.83. The highest BCUT2D eigenvalue weighted by Gasteiger charge is 2.09. The maximum absolute atomic E-state index is 9.98. The number of benzene rings is 2. The smallest absolute Gasteiger partial charge is 0.103 e. The Morgan fingerprint density at radius 2 is 1.81 bits per heavy atom. The van der Waals surface area contributed by atoms with Crippen LogP contribution >= 0.6 is 0 Å². The molecule has 2 aromatic carbocycles. The molecule has 1 nitrogen and oxygen atoms in total. The second kappa shape index (κ2) is 4.33. The first-order valence-corrected chi connectivity index (χ1v) is 5.20. The lowest BCUT2D eigenvalue weighted by molar-refractivity contribution is 0.220. The number of rotatable bonds is 3. The standard InChI is InChI=1S/C15H14O/c1-3-11(2)15(16)14-9-8-12-6-4-5-7-13(12)10-14/h3-10,15-16H,1-2H2/t15-/m1/s1. The van der Waals surface area contributed by atoms with E-state index in [2.05, 4.69) is 13.2 Å². The van der Waals surface area contributed by atoms with Crippen molar-refractivity contribution in [3.05, 3.63) is 72.8 Å². The van der Waals surface area contributed by atoms with Gasteiger partial charge in [-0.3, -0.25) is 0 Å². The number of aliphatic hydroxyl groups is 1. The van der Waals surface area contributed by atoms with E-state index in [0.29, 0.717) is 5.57 Å². The van der Waals surface area contributed by atoms with Crippen molar-refractivity contribution in [2.45, 2.75) is 6.10 Å². The van der Waals surface area contributed by atoms with Crippen LogP contribution in [0.3, 0.4) is 0 Å². The summed E-state index contributed by atoms with van der Waals surface area (Å²) in [6.45, 7) is 7.37. The third-order valence-corrected chi connectivity index (χ3v) is 2.70. The fourth-order valence-electron chi connectivity index (χ4n) is 1.70. The van der Waals surface area contributed by atoms with Gasteiger partial charge in [-0.05, 0) is 28.0 Å². The molecule has 1 atom stereocenters. The van der Waals surface area contributed by atoms with Crippen LogP contribution in [0.4, 0.5) is 0 Å². The van der Waals surface area contributed by atoms with Crippen molar-refractivity contribution in [3.8, 4) is 0 Å². The first kappa shape index (κ1) is 10.7. The van der Waals surface area contributed by atoms with Gasteiger partial charge in [0.1, 0.15) is 6.10 Å². The molecule has 0 aliphatic rings. The summed E-state index contributed by atoms with van der Waals surface area (Å²) >= 11 is 0. The van der Waals surface area contributed by atoms with Crippen molar-refractivity contribution < 1.29 is 5.11 Å². The first-order valence-electron chi connectivity index (χ1n) is 5.20. The molecule has 0 unspecified atom stereocenters. The molecule has 0 bridgehead atoms. The van der Waals surface area contributed by atoms with Crippen LogP contribution in [0.5, 0.6) is 0 Å². The Kier molecular flexibility index (Phi) is 2.88. The van der Waals surface area contributed by atoms with Gasteiger partial charge in [0.25, 0.3) is 0 Å². The highest BCUT2D eigenvalue weighted by atomic mass is 16.3. The van der Waals surface area contributed by atoms with Gasteiger partial charge in [-0.1, -0.05) is 55.6 Å². The van der Waals surface area contributed by atoms with Crippen LogP contribution in [0, 0.1) is 0 Å². The zero-order valence-corrected chi connectivity index (χ0v) is 9.06. The molecule has 0 heterocycles. The number of aliphatic hydroxyl groups excluding tert-OH is 1. The lowest BCUT2D eigenvalue weighted by atomic mass is 9.99. The fraction of sp³-hybridized carbons (Fsp3) is 0.0667. The van der Waals surface area contributed by atoms with Crippen LogP contribution in [-0.4, -0.2) is 5.11 Å². The maximum atomic E-state index is 9.98. The molecule has 0 aliphatic carbocycles. The van der Waals surface area contributed by atoms with Gasteiger partial charge in [-0.15, -0.1) is 0 Å². The van der Waals surface area contributed by atoms with Crippen molar-refractivity contribution >= 4 is 10.8 Å². The third kappa shape index (κ3) is 1.90. The van der Waals surface area contributed by atoms with Gasteiger partial charge in [0.15, 0.2) is 0 Å². The molecule has 0 saturated heterocycles. The van der Waals surface area contributed by atoms with Crippen molar-refractivity contribution in [2.75, 3.05) is 0 Å². The molecule has 0 saturated carbocycles. The minimum atomic E-state index is -0.665. The molecule has 0 aliphatic heterocycles. The predicted octanol–water partition coefficient (Wildman–Crippen LogP) is 3.62. The molecule has 2 rings (SSSR count). The SMILES string of the molecule is C=CC(=C)[C@@H](O)c1ccc2ccccc2c1. The average molecular weight is 210 g/mol. The Morgan fingerprint density at radius 3 is 2.50 bits per heavy atom. The third-order valence-electron chi connectivity index (χ3n) is 2.70. The van der Waals surface area contributed by atoms with Gasteiger partial charge in [0.05, 0.1) is 0 Å². The van der Waals surface area contributed by atoms with E-state index >= 15 is 0 Å². The summed E-state index contributed by atoms with van der Waals surface area (Å²) in [5.74, 6) is 0. The normalized spacial score (nSPS) is 12.3. The summed E-state index contributed by atoms with van der Waals surface area (Å²) in [7, 11) is 0. The summed E-state index contributed by atoms with van der Waals surface area (Å²) < 4.78 is 0. The van der Waals surface area contributed by atoms with Gasteiger partial charge in [0.2, 0.25) is 0 Å². The van der Waals surface area contributed by atoms with E-state index in [1.165, 1.54) is 5.39 Å². The summed E-state index contributed by atoms with van der Waals surface area (Å²) in [4.78, 5) is 0. The molecule has 2 aromatic rings. The molecule has 0 amide bonds. The van der Waals surface area contributed by atoms with Crippen molar-refractivity contribution in [3.63, 3.8) is 0 Å². The van der Waals surface area contributed by atoms with Crippen molar-refractivity contribution in [1.82, 2.24) is 0 Å². The topological polar surface area (TPSA) is 20.2 Å². The van der Waals surface area contributed by atoms with E-state index in [1.807, 2.05) is 42.5 Å². The van der Waals surface area contributed by atoms with Crippen LogP contribution in [0.25, 0.3) is 10.8 Å². The Balaban J connectivity index is 2.46. The molecule has 0 spiro atoms. The Labute approximate surface area is 95.4 Å². The second-order valence-corrected chi connectivity index (χ2v) is 3.79. The van der Waals surface area contributed by atoms with Gasteiger partial charge >= 0.3 is 0 Å². The van der Waals surface area contributed by atoms with Crippen LogP contribution in [0.15, 0.2) is 67.3 Å². The fourth-order valence-corrected chi connectivity index (χ4v) is 1.70. The second-order valence-electron chi connectivity index (χ2n) is 3.79. The molecule has 16 heavy (non-hydrogen) atoms. The summed E-state index contributed by atoms with van der Waals surface area (Å²) in [5.41, 5.74) is 1.47. The quantitative estimate of drug-likeness (QED) is 0.767. The molecule has 0 fully saturated rings. The number of fused-ring (bicyclic) bond motifs is 1. The first-order chi connectivity index (χ1) is 7.72. The van der Waals surface area contributed by atoms with E-state index < -0.39 is 6.10 Å². The van der Waals surface area contributed by atoms with Gasteiger partial charge in [-0.2, -0.15) is 0 Å². The van der Waals surface area contributed by atoms with E-state index in [4.69, 9.17) is 0 Å². The summed E-state index contributed by atoms with van der Waals surface area (Å²) in [6, 6.07) is 14.0. The molecule has 80 valence electrons. The highest BCUT2D eigenvalue weighted by Crippen LogP contribution is 2.24. The van der Waals surface area contributed by atoms with E-state index in [9.17, 15) is 5.11 Å². The van der Waals surface area contributed by atoms with Gasteiger partial charge in [0, 0.05) is 0 Å². The minimum absolute atomic E-state index is 0.621. The number of hydrogen-bond donors (Lipinski definition) is 1. The van der Waals surface area contributed by atoms with Gasteiger partial charge in [-0.25, -0.2) is 0 Å². The van der Waals surface area contributed by atoms with Crippen molar-refractivity contribution in [2.24, 2.45) is 0 Å². The zero-order valence-electron chi connectivity index (χ0n) is 9.06. The van der Waals surface area contributed by atoms with E-state index in [1.54, 1.807) is 6.08 Å². The largest absolute Gasteiger partial charge is 0.384 e. The molecular weight excluding hydrogens is 196 g/mol. The Bertz CT molecular complexity index is 540. The Morgan fingerprint density at radius 1 is 1.12 bits per heavy atom. The monoisotopic (exact) mass is 210 g/mol.